The van der Waals surface area contributed by atoms with Gasteiger partial charge in [-0.25, -0.2) is 4.98 Å². The number of nitrogens with zero attached hydrogens (tertiary/aromatic N) is 4. The second-order valence-electron chi connectivity index (χ2n) is 3.08. The van der Waals surface area contributed by atoms with Gasteiger partial charge in [0.2, 0.25) is 0 Å². The third kappa shape index (κ3) is 1.41. The Morgan fingerprint density at radius 3 is 2.50 bits per heavy atom. The smallest absolute Gasteiger partial charge is 0.177 e. The van der Waals surface area contributed by atoms with E-state index in [-0.39, 0.29) is 0 Å². The van der Waals surface area contributed by atoms with Crippen LogP contribution in [0.25, 0.3) is 11.4 Å². The summed E-state index contributed by atoms with van der Waals surface area (Å²) in [5, 5.41) is 4.23. The molecule has 0 radical (unpaired) electrons. The van der Waals surface area contributed by atoms with Gasteiger partial charge in [-0.1, -0.05) is 0 Å². The predicted molar refractivity (Wildman–Crippen MR) is 57.5 cm³/mol. The van der Waals surface area contributed by atoms with Gasteiger partial charge in [0.25, 0.3) is 0 Å². The molecule has 2 heterocycles. The van der Waals surface area contributed by atoms with Crippen molar-refractivity contribution < 1.29 is 0 Å². The molecule has 0 atom stereocenters. The number of nitrogen functional groups attached to an aromatic ring is 1. The molecule has 5 nitrogen and oxygen atoms in total. The Hall–Kier alpha value is -1.30. The summed E-state index contributed by atoms with van der Waals surface area (Å²) in [5.74, 6) is 0.627. The van der Waals surface area contributed by atoms with Crippen LogP contribution in [0, 0.1) is 0 Å². The first-order valence-corrected chi connectivity index (χ1v) is 4.86. The van der Waals surface area contributed by atoms with Crippen molar-refractivity contribution in [3.63, 3.8) is 0 Å². The molecule has 0 aliphatic heterocycles. The molecule has 14 heavy (non-hydrogen) atoms. The van der Waals surface area contributed by atoms with Crippen LogP contribution < -0.4 is 5.73 Å². The van der Waals surface area contributed by atoms with Crippen LogP contribution in [0.3, 0.4) is 0 Å². The first-order chi connectivity index (χ1) is 6.58. The minimum atomic E-state index is 0.627. The Bertz CT molecular complexity index is 387. The Balaban J connectivity index is 2.49. The van der Waals surface area contributed by atoms with Crippen LogP contribution in [0.1, 0.15) is 0 Å². The Morgan fingerprint density at radius 2 is 2.07 bits per heavy atom. The number of hydrogen-bond donors (Lipinski definition) is 1. The van der Waals surface area contributed by atoms with Crippen LogP contribution in [-0.4, -0.2) is 19.3 Å². The molecule has 0 fully saturated rings. The van der Waals surface area contributed by atoms with Crippen molar-refractivity contribution in [1.29, 1.82) is 0 Å². The number of hydrogen-bond acceptors (Lipinski definition) is 3. The van der Waals surface area contributed by atoms with E-state index in [1.165, 1.54) is 0 Å². The summed E-state index contributed by atoms with van der Waals surface area (Å²) in [6, 6.07) is 1.80. The van der Waals surface area contributed by atoms with Crippen molar-refractivity contribution in [2.75, 3.05) is 5.73 Å². The van der Waals surface area contributed by atoms with Crippen molar-refractivity contribution in [2.24, 2.45) is 14.1 Å². The maximum Gasteiger partial charge on any atom is 0.177 e. The van der Waals surface area contributed by atoms with E-state index in [1.807, 2.05) is 17.8 Å². The van der Waals surface area contributed by atoms with Crippen LogP contribution in [0.2, 0.25) is 0 Å². The largest absolute Gasteiger partial charge is 0.384 e. The summed E-state index contributed by atoms with van der Waals surface area (Å²) < 4.78 is 4.27. The first-order valence-electron chi connectivity index (χ1n) is 4.06. The Kier molecular flexibility index (Phi) is 2.07. The maximum absolute atomic E-state index is 5.68. The van der Waals surface area contributed by atoms with Gasteiger partial charge in [-0.15, -0.1) is 0 Å². The van der Waals surface area contributed by atoms with Crippen LogP contribution >= 0.6 is 15.9 Å². The summed E-state index contributed by atoms with van der Waals surface area (Å²) in [6.45, 7) is 0. The van der Waals surface area contributed by atoms with E-state index in [1.54, 1.807) is 17.8 Å². The molecule has 0 spiro atoms. The van der Waals surface area contributed by atoms with Crippen molar-refractivity contribution in [3.8, 4) is 11.4 Å². The van der Waals surface area contributed by atoms with Gasteiger partial charge in [0.05, 0.1) is 0 Å². The molecule has 0 saturated carbocycles. The number of anilines is 1. The van der Waals surface area contributed by atoms with Crippen LogP contribution in [0.5, 0.6) is 0 Å². The fraction of sp³-hybridized carbons (Fsp3) is 0.250. The summed E-state index contributed by atoms with van der Waals surface area (Å²) in [4.78, 5) is 4.28. The fourth-order valence-corrected chi connectivity index (χ4v) is 1.47. The molecule has 0 amide bonds. The highest BCUT2D eigenvalue weighted by Gasteiger charge is 2.09. The molecule has 2 N–H and O–H groups in total. The van der Waals surface area contributed by atoms with Gasteiger partial charge in [0, 0.05) is 26.4 Å². The molecular formula is C8H10BrN5. The molecule has 74 valence electrons. The molecule has 2 rings (SSSR count). The topological polar surface area (TPSA) is 61.7 Å². The number of aryl methyl sites for hydroxylation is 2. The lowest BCUT2D eigenvalue weighted by Crippen LogP contribution is -1.96. The van der Waals surface area contributed by atoms with Crippen molar-refractivity contribution in [2.45, 2.75) is 0 Å². The second kappa shape index (κ2) is 3.13. The molecule has 6 heteroatoms. The fourth-order valence-electron chi connectivity index (χ4n) is 1.17. The minimum Gasteiger partial charge on any atom is -0.384 e. The SMILES string of the molecule is Cn1cc(-c2cc(N)n(C)n2)nc1Br. The van der Waals surface area contributed by atoms with E-state index >= 15 is 0 Å². The lowest BCUT2D eigenvalue weighted by Gasteiger charge is -1.88. The zero-order valence-electron chi connectivity index (χ0n) is 7.90. The molecule has 0 unspecified atom stereocenters. The maximum atomic E-state index is 5.68. The number of rotatable bonds is 1. The molecule has 0 saturated heterocycles. The van der Waals surface area contributed by atoms with E-state index in [2.05, 4.69) is 26.0 Å². The average Bonchev–Trinajstić information content (AvgIpc) is 2.60. The lowest BCUT2D eigenvalue weighted by atomic mass is 10.3. The molecule has 0 aromatic carbocycles. The van der Waals surface area contributed by atoms with Gasteiger partial charge in [0.15, 0.2) is 4.73 Å². The second-order valence-corrected chi connectivity index (χ2v) is 3.79. The number of imidazole rings is 1. The summed E-state index contributed by atoms with van der Waals surface area (Å²) in [5.41, 5.74) is 7.27. The number of aromatic nitrogens is 4. The zero-order chi connectivity index (χ0) is 10.3. The zero-order valence-corrected chi connectivity index (χ0v) is 9.48. The Morgan fingerprint density at radius 1 is 1.36 bits per heavy atom. The van der Waals surface area contributed by atoms with Gasteiger partial charge in [0.1, 0.15) is 17.2 Å². The lowest BCUT2D eigenvalue weighted by molar-refractivity contribution is 0.781. The van der Waals surface area contributed by atoms with Gasteiger partial charge in [-0.2, -0.15) is 5.10 Å². The van der Waals surface area contributed by atoms with E-state index in [0.717, 1.165) is 16.1 Å². The summed E-state index contributed by atoms with van der Waals surface area (Å²) in [7, 11) is 3.71. The predicted octanol–water partition coefficient (Wildman–Crippen LogP) is 1.17. The average molecular weight is 256 g/mol. The summed E-state index contributed by atoms with van der Waals surface area (Å²) >= 11 is 3.32. The highest BCUT2D eigenvalue weighted by Crippen LogP contribution is 2.20. The van der Waals surface area contributed by atoms with E-state index in [4.69, 9.17) is 5.73 Å². The van der Waals surface area contributed by atoms with Gasteiger partial charge in [-0.05, 0) is 15.9 Å². The molecule has 0 aliphatic rings. The number of halogens is 1. The summed E-state index contributed by atoms with van der Waals surface area (Å²) in [6.07, 6.45) is 1.89. The Labute approximate surface area is 89.7 Å². The monoisotopic (exact) mass is 255 g/mol. The third-order valence-electron chi connectivity index (χ3n) is 2.00. The minimum absolute atomic E-state index is 0.627. The van der Waals surface area contributed by atoms with Crippen molar-refractivity contribution >= 4 is 21.7 Å². The highest BCUT2D eigenvalue weighted by atomic mass is 79.9. The molecule has 2 aromatic rings. The van der Waals surface area contributed by atoms with E-state index < -0.39 is 0 Å². The van der Waals surface area contributed by atoms with Gasteiger partial charge < -0.3 is 10.3 Å². The standard InChI is InChI=1S/C8H10BrN5/c1-13-4-6(11-8(13)9)5-3-7(10)14(2)12-5/h3-4H,10H2,1-2H3. The van der Waals surface area contributed by atoms with Gasteiger partial charge >= 0.3 is 0 Å². The van der Waals surface area contributed by atoms with E-state index in [0.29, 0.717) is 5.82 Å². The first kappa shape index (κ1) is 9.26. The number of nitrogens with two attached hydrogens (primary N) is 1. The van der Waals surface area contributed by atoms with Crippen molar-refractivity contribution in [1.82, 2.24) is 19.3 Å². The molecule has 0 aliphatic carbocycles. The third-order valence-corrected chi connectivity index (χ3v) is 2.73. The van der Waals surface area contributed by atoms with Gasteiger partial charge in [-0.3, -0.25) is 4.68 Å². The van der Waals surface area contributed by atoms with Crippen LogP contribution in [-0.2, 0) is 14.1 Å². The van der Waals surface area contributed by atoms with Crippen molar-refractivity contribution in [3.05, 3.63) is 17.0 Å². The molecular weight excluding hydrogens is 246 g/mol. The molecule has 0 bridgehead atoms. The highest BCUT2D eigenvalue weighted by molar-refractivity contribution is 9.10. The van der Waals surface area contributed by atoms with Crippen LogP contribution in [0.15, 0.2) is 17.0 Å². The quantitative estimate of drug-likeness (QED) is 0.832. The molecule has 2 aromatic heterocycles. The van der Waals surface area contributed by atoms with E-state index in [9.17, 15) is 0 Å². The normalized spacial score (nSPS) is 10.8. The van der Waals surface area contributed by atoms with Crippen LogP contribution in [0.4, 0.5) is 5.82 Å².